The largest absolute Gasteiger partial charge is 0.377 e. The Morgan fingerprint density at radius 1 is 0.769 bits per heavy atom. The first-order valence-corrected chi connectivity index (χ1v) is 10.2. The van der Waals surface area contributed by atoms with Gasteiger partial charge in [0, 0.05) is 17.8 Å². The Labute approximate surface area is 154 Å². The highest BCUT2D eigenvalue weighted by Gasteiger charge is 2.33. The molecule has 0 unspecified atom stereocenters. The zero-order valence-electron chi connectivity index (χ0n) is 15.4. The van der Waals surface area contributed by atoms with Gasteiger partial charge < -0.3 is 10.2 Å². The van der Waals surface area contributed by atoms with E-state index >= 15 is 0 Å². The summed E-state index contributed by atoms with van der Waals surface area (Å²) in [6.07, 6.45) is 11.7. The second-order valence-corrected chi connectivity index (χ2v) is 7.86. The molecule has 0 saturated heterocycles. The molecule has 0 radical (unpaired) electrons. The van der Waals surface area contributed by atoms with Crippen LogP contribution >= 0.6 is 0 Å². The highest BCUT2D eigenvalue weighted by Crippen LogP contribution is 2.36. The third-order valence-electron chi connectivity index (χ3n) is 6.05. The monoisotopic (exact) mass is 352 g/mol. The summed E-state index contributed by atoms with van der Waals surface area (Å²) in [5.41, 5.74) is 1.55. The van der Waals surface area contributed by atoms with E-state index in [2.05, 4.69) is 22.3 Å². The van der Waals surface area contributed by atoms with Gasteiger partial charge in [0.25, 0.3) is 10.9 Å². The minimum Gasteiger partial charge on any atom is -0.377 e. The normalized spacial score (nSPS) is 19.5. The molecule has 1 N–H and O–H groups in total. The second kappa shape index (κ2) is 7.65. The van der Waals surface area contributed by atoms with Crippen LogP contribution in [0.4, 0.5) is 17.1 Å². The molecule has 2 fully saturated rings. The molecule has 4 nitrogen and oxygen atoms in total. The molecule has 2 aromatic rings. The van der Waals surface area contributed by atoms with E-state index in [1.807, 2.05) is 18.2 Å². The lowest BCUT2D eigenvalue weighted by Gasteiger charge is -2.38. The van der Waals surface area contributed by atoms with E-state index < -0.39 is 0 Å². The molecule has 2 aliphatic rings. The number of hydrogen-bond donors (Lipinski definition) is 1. The lowest BCUT2D eigenvalue weighted by molar-refractivity contribution is 0.434. The highest BCUT2D eigenvalue weighted by atomic mass is 16.2. The van der Waals surface area contributed by atoms with Crippen LogP contribution in [0.3, 0.4) is 0 Å². The molecule has 0 aromatic heterocycles. The fraction of sp³-hybridized carbons (Fsp3) is 0.545. The maximum absolute atomic E-state index is 12.6. The summed E-state index contributed by atoms with van der Waals surface area (Å²) in [5.74, 6) is 0. The van der Waals surface area contributed by atoms with Gasteiger partial charge in [-0.3, -0.25) is 9.59 Å². The summed E-state index contributed by atoms with van der Waals surface area (Å²) >= 11 is 0. The van der Waals surface area contributed by atoms with E-state index in [0.29, 0.717) is 23.5 Å². The van der Waals surface area contributed by atoms with Crippen LogP contribution in [0.15, 0.2) is 39.9 Å². The molecule has 4 heteroatoms. The number of benzene rings is 1. The predicted molar refractivity (Wildman–Crippen MR) is 107 cm³/mol. The van der Waals surface area contributed by atoms with Crippen molar-refractivity contribution in [3.8, 4) is 0 Å². The van der Waals surface area contributed by atoms with Crippen molar-refractivity contribution in [2.75, 3.05) is 10.2 Å². The number of nitrogens with zero attached hydrogens (tertiary/aromatic N) is 1. The molecule has 0 amide bonds. The molecule has 2 aromatic carbocycles. The number of nitrogens with one attached hydrogen (secondary N) is 1. The second-order valence-electron chi connectivity index (χ2n) is 7.86. The first-order chi connectivity index (χ1) is 12.8. The van der Waals surface area contributed by atoms with Gasteiger partial charge in [-0.25, -0.2) is 0 Å². The van der Waals surface area contributed by atoms with Gasteiger partial charge in [0.2, 0.25) is 0 Å². The maximum atomic E-state index is 12.6. The number of anilines is 3. The van der Waals surface area contributed by atoms with Crippen molar-refractivity contribution in [1.82, 2.24) is 0 Å². The molecular formula is C22H28N2O2. The Kier molecular flexibility index (Phi) is 5.09. The molecule has 0 spiro atoms. The Morgan fingerprint density at radius 3 is 2.04 bits per heavy atom. The lowest BCUT2D eigenvalue weighted by atomic mass is 9.92. The van der Waals surface area contributed by atoms with E-state index in [-0.39, 0.29) is 10.9 Å². The Bertz CT molecular complexity index is 795. The van der Waals surface area contributed by atoms with Crippen molar-refractivity contribution in [2.45, 2.75) is 76.3 Å². The van der Waals surface area contributed by atoms with Gasteiger partial charge in [-0.2, -0.15) is 0 Å². The van der Waals surface area contributed by atoms with Crippen molar-refractivity contribution in [2.24, 2.45) is 0 Å². The molecule has 0 heterocycles. The first-order valence-electron chi connectivity index (χ1n) is 10.2. The zero-order chi connectivity index (χ0) is 17.9. The van der Waals surface area contributed by atoms with Crippen molar-refractivity contribution in [3.05, 3.63) is 50.8 Å². The third-order valence-corrected chi connectivity index (χ3v) is 6.05. The molecule has 0 bridgehead atoms. The summed E-state index contributed by atoms with van der Waals surface area (Å²) in [6.45, 7) is 0. The van der Waals surface area contributed by atoms with Gasteiger partial charge in [-0.05, 0) is 37.8 Å². The van der Waals surface area contributed by atoms with E-state index in [1.165, 1.54) is 38.5 Å². The minimum atomic E-state index is -0.331. The first kappa shape index (κ1) is 17.3. The number of para-hydroxylation sites is 1. The number of rotatable bonds is 5. The van der Waals surface area contributed by atoms with Gasteiger partial charge in [-0.1, -0.05) is 56.7 Å². The molecule has 4 rings (SSSR count). The van der Waals surface area contributed by atoms with Crippen LogP contribution in [0.25, 0.3) is 0 Å². The predicted octanol–water partition coefficient (Wildman–Crippen LogP) is 4.50. The van der Waals surface area contributed by atoms with E-state index in [1.54, 1.807) is 0 Å². The van der Waals surface area contributed by atoms with Crippen molar-refractivity contribution in [3.63, 3.8) is 0 Å². The fourth-order valence-electron chi connectivity index (χ4n) is 4.64. The SMILES string of the molecule is O=c1c(NC2CCCCC2)c(N(c2ccccc2)C2CCCCC2)c1=O. The van der Waals surface area contributed by atoms with Crippen LogP contribution in [-0.4, -0.2) is 12.1 Å². The summed E-state index contributed by atoms with van der Waals surface area (Å²) in [6, 6.07) is 10.7. The van der Waals surface area contributed by atoms with Gasteiger partial charge in [0.05, 0.1) is 0 Å². The summed E-state index contributed by atoms with van der Waals surface area (Å²) in [5, 5.41) is 3.44. The smallest absolute Gasteiger partial charge is 0.253 e. The van der Waals surface area contributed by atoms with Gasteiger partial charge >= 0.3 is 0 Å². The summed E-state index contributed by atoms with van der Waals surface area (Å²) < 4.78 is 0. The average molecular weight is 352 g/mol. The maximum Gasteiger partial charge on any atom is 0.253 e. The quantitative estimate of drug-likeness (QED) is 0.805. The van der Waals surface area contributed by atoms with Crippen LogP contribution in [0.2, 0.25) is 0 Å². The van der Waals surface area contributed by atoms with Gasteiger partial charge in [0.1, 0.15) is 11.4 Å². The fourth-order valence-corrected chi connectivity index (χ4v) is 4.64. The van der Waals surface area contributed by atoms with E-state index in [9.17, 15) is 9.59 Å². The van der Waals surface area contributed by atoms with E-state index in [0.717, 1.165) is 31.4 Å². The minimum absolute atomic E-state index is 0.307. The molecule has 0 aliphatic heterocycles. The van der Waals surface area contributed by atoms with Crippen molar-refractivity contribution < 1.29 is 0 Å². The van der Waals surface area contributed by atoms with Crippen LogP contribution in [-0.2, 0) is 0 Å². The standard InChI is InChI=1S/C22H28N2O2/c25-21-19(23-16-10-4-1-5-11-16)20(22(21)26)24(17-12-6-2-7-13-17)18-14-8-3-9-15-18/h2,6-7,12-13,16,18,23H,1,3-5,8-11,14-15H2. The summed E-state index contributed by atoms with van der Waals surface area (Å²) in [4.78, 5) is 27.1. The van der Waals surface area contributed by atoms with Gasteiger partial charge in [-0.15, -0.1) is 0 Å². The molecule has 2 saturated carbocycles. The Hall–Kier alpha value is -2.10. The summed E-state index contributed by atoms with van der Waals surface area (Å²) in [7, 11) is 0. The van der Waals surface area contributed by atoms with Crippen LogP contribution in [0, 0.1) is 0 Å². The van der Waals surface area contributed by atoms with E-state index in [4.69, 9.17) is 0 Å². The molecule has 26 heavy (non-hydrogen) atoms. The van der Waals surface area contributed by atoms with Crippen LogP contribution in [0.5, 0.6) is 0 Å². The molecule has 0 atom stereocenters. The Balaban J connectivity index is 1.68. The molecule has 138 valence electrons. The Morgan fingerprint density at radius 2 is 1.38 bits per heavy atom. The highest BCUT2D eigenvalue weighted by molar-refractivity contribution is 5.81. The van der Waals surface area contributed by atoms with Crippen molar-refractivity contribution in [1.29, 1.82) is 0 Å². The number of hydrogen-bond acceptors (Lipinski definition) is 4. The topological polar surface area (TPSA) is 49.4 Å². The molecular weight excluding hydrogens is 324 g/mol. The third kappa shape index (κ3) is 3.29. The van der Waals surface area contributed by atoms with Crippen molar-refractivity contribution >= 4 is 17.1 Å². The lowest BCUT2D eigenvalue weighted by Crippen LogP contribution is -2.46. The van der Waals surface area contributed by atoms with Gasteiger partial charge in [0.15, 0.2) is 0 Å². The van der Waals surface area contributed by atoms with Crippen LogP contribution < -0.4 is 21.1 Å². The molecule has 2 aliphatic carbocycles. The van der Waals surface area contributed by atoms with Crippen LogP contribution in [0.1, 0.15) is 64.2 Å². The average Bonchev–Trinajstić information content (AvgIpc) is 2.72. The zero-order valence-corrected chi connectivity index (χ0v) is 15.4.